The fourth-order valence-electron chi connectivity index (χ4n) is 2.68. The largest absolute Gasteiger partial charge is 0.493 e. The summed E-state index contributed by atoms with van der Waals surface area (Å²) < 4.78 is 26.9. The number of benzene rings is 3. The molecule has 1 N–H and O–H groups in total. The van der Waals surface area contributed by atoms with Crippen LogP contribution < -0.4 is 14.9 Å². The van der Waals surface area contributed by atoms with Crippen LogP contribution in [0.25, 0.3) is 0 Å². The Labute approximate surface area is 200 Å². The highest BCUT2D eigenvalue weighted by Crippen LogP contribution is 2.37. The maximum atomic E-state index is 13.9. The summed E-state index contributed by atoms with van der Waals surface area (Å²) in [5.41, 5.74) is 3.79. The minimum absolute atomic E-state index is 0.127. The molecule has 0 atom stereocenters. The summed E-state index contributed by atoms with van der Waals surface area (Å²) in [5.74, 6) is -0.532. The van der Waals surface area contributed by atoms with Gasteiger partial charge in [0.2, 0.25) is 0 Å². The third kappa shape index (κ3) is 5.93. The normalized spacial score (nSPS) is 10.6. The van der Waals surface area contributed by atoms with Crippen LogP contribution in [0.3, 0.4) is 0 Å². The molecule has 0 radical (unpaired) electrons. The smallest absolute Gasteiger partial charge is 0.274 e. The second-order valence-corrected chi connectivity index (χ2v) is 8.22. The summed E-state index contributed by atoms with van der Waals surface area (Å²) >= 11 is 6.87. The molecule has 6 nitrogen and oxygen atoms in total. The average molecular weight is 561 g/mol. The van der Waals surface area contributed by atoms with Crippen molar-refractivity contribution in [2.45, 2.75) is 6.61 Å². The first kappa shape index (κ1) is 23.4. The van der Waals surface area contributed by atoms with Gasteiger partial charge >= 0.3 is 0 Å². The second kappa shape index (κ2) is 10.9. The number of rotatable bonds is 7. The third-order valence-electron chi connectivity index (χ3n) is 4.27. The number of nitriles is 1. The number of carbonyl (C=O) groups is 1. The molecule has 3 rings (SSSR count). The number of hydrazone groups is 1. The molecule has 0 bridgehead atoms. The molecule has 0 aliphatic heterocycles. The molecule has 0 spiro atoms. The van der Waals surface area contributed by atoms with Crippen molar-refractivity contribution in [3.8, 4) is 17.6 Å². The van der Waals surface area contributed by atoms with Gasteiger partial charge in [0.1, 0.15) is 12.4 Å². The number of amides is 1. The molecule has 1 amide bonds. The van der Waals surface area contributed by atoms with Gasteiger partial charge in [-0.1, -0.05) is 28.1 Å². The Morgan fingerprint density at radius 1 is 1.19 bits per heavy atom. The van der Waals surface area contributed by atoms with Gasteiger partial charge in [-0.05, 0) is 69.5 Å². The number of carbonyl (C=O) groups excluding carboxylic acids is 1. The standard InChI is InChI=1S/C23H16Br2FN3O3/c1-31-21-10-16(8-19(25)22(21)32-13-14-2-5-17(24)6-3-14)12-28-29-23(30)18-7-4-15(11-27)9-20(18)26/h2-10,12H,13H2,1H3,(H,29,30)/b28-12-. The Morgan fingerprint density at radius 2 is 1.94 bits per heavy atom. The predicted octanol–water partition coefficient (Wildman–Crippen LogP) is 5.57. The number of methoxy groups -OCH3 is 1. The molecule has 0 saturated carbocycles. The van der Waals surface area contributed by atoms with Gasteiger partial charge in [0.25, 0.3) is 5.91 Å². The van der Waals surface area contributed by atoms with E-state index in [4.69, 9.17) is 14.7 Å². The molecule has 0 aliphatic rings. The third-order valence-corrected chi connectivity index (χ3v) is 5.39. The van der Waals surface area contributed by atoms with Crippen LogP contribution in [-0.4, -0.2) is 19.2 Å². The summed E-state index contributed by atoms with van der Waals surface area (Å²) in [4.78, 5) is 12.1. The number of nitrogens with one attached hydrogen (secondary N) is 1. The Hall–Kier alpha value is -3.22. The van der Waals surface area contributed by atoms with Crippen molar-refractivity contribution in [2.24, 2.45) is 5.10 Å². The topological polar surface area (TPSA) is 83.7 Å². The first-order chi connectivity index (χ1) is 15.4. The van der Waals surface area contributed by atoms with Gasteiger partial charge in [0.05, 0.1) is 35.0 Å². The molecule has 0 saturated heterocycles. The highest BCUT2D eigenvalue weighted by atomic mass is 79.9. The van der Waals surface area contributed by atoms with Crippen LogP contribution in [0.5, 0.6) is 11.5 Å². The molecule has 0 aromatic heterocycles. The molecule has 3 aromatic carbocycles. The van der Waals surface area contributed by atoms with E-state index < -0.39 is 11.7 Å². The second-order valence-electron chi connectivity index (χ2n) is 6.45. The van der Waals surface area contributed by atoms with Crippen molar-refractivity contribution in [3.05, 3.63) is 91.6 Å². The lowest BCUT2D eigenvalue weighted by molar-refractivity contribution is 0.0951. The van der Waals surface area contributed by atoms with Gasteiger partial charge in [-0.2, -0.15) is 10.4 Å². The minimum Gasteiger partial charge on any atom is -0.493 e. The van der Waals surface area contributed by atoms with Crippen LogP contribution in [-0.2, 0) is 6.61 Å². The van der Waals surface area contributed by atoms with Crippen LogP contribution in [0.1, 0.15) is 27.0 Å². The number of ether oxygens (including phenoxy) is 2. The first-order valence-electron chi connectivity index (χ1n) is 9.19. The molecular formula is C23H16Br2FN3O3. The van der Waals surface area contributed by atoms with E-state index in [1.165, 1.54) is 25.5 Å². The van der Waals surface area contributed by atoms with Crippen molar-refractivity contribution >= 4 is 44.0 Å². The molecule has 0 unspecified atom stereocenters. The molecule has 0 aliphatic carbocycles. The molecule has 9 heteroatoms. The lowest BCUT2D eigenvalue weighted by Gasteiger charge is -2.13. The molecule has 0 fully saturated rings. The maximum absolute atomic E-state index is 13.9. The lowest BCUT2D eigenvalue weighted by Crippen LogP contribution is -2.19. The van der Waals surface area contributed by atoms with Crippen LogP contribution in [0, 0.1) is 17.1 Å². The van der Waals surface area contributed by atoms with E-state index in [-0.39, 0.29) is 11.1 Å². The van der Waals surface area contributed by atoms with E-state index in [2.05, 4.69) is 42.4 Å². The highest BCUT2D eigenvalue weighted by Gasteiger charge is 2.13. The predicted molar refractivity (Wildman–Crippen MR) is 125 cm³/mol. The van der Waals surface area contributed by atoms with Crippen LogP contribution in [0.15, 0.2) is 68.6 Å². The van der Waals surface area contributed by atoms with Crippen LogP contribution >= 0.6 is 31.9 Å². The molecule has 3 aromatic rings. The summed E-state index contributed by atoms with van der Waals surface area (Å²) in [6.07, 6.45) is 1.39. The van der Waals surface area contributed by atoms with Crippen molar-refractivity contribution in [3.63, 3.8) is 0 Å². The van der Waals surface area contributed by atoms with Crippen molar-refractivity contribution in [1.82, 2.24) is 5.43 Å². The highest BCUT2D eigenvalue weighted by molar-refractivity contribution is 9.10. The van der Waals surface area contributed by atoms with E-state index >= 15 is 0 Å². The molecular weight excluding hydrogens is 545 g/mol. The van der Waals surface area contributed by atoms with Crippen molar-refractivity contribution < 1.29 is 18.7 Å². The summed E-state index contributed by atoms with van der Waals surface area (Å²) in [6.45, 7) is 0.349. The van der Waals surface area contributed by atoms with Gasteiger partial charge in [0, 0.05) is 4.47 Å². The average Bonchev–Trinajstić information content (AvgIpc) is 2.78. The fraction of sp³-hybridized carbons (Fsp3) is 0.0870. The monoisotopic (exact) mass is 559 g/mol. The van der Waals surface area contributed by atoms with Crippen molar-refractivity contribution in [2.75, 3.05) is 7.11 Å². The molecule has 162 valence electrons. The van der Waals surface area contributed by atoms with E-state index in [0.717, 1.165) is 16.1 Å². The van der Waals surface area contributed by atoms with Gasteiger partial charge in [-0.15, -0.1) is 0 Å². The molecule has 0 heterocycles. The van der Waals surface area contributed by atoms with E-state index in [1.54, 1.807) is 12.1 Å². The molecule has 32 heavy (non-hydrogen) atoms. The first-order valence-corrected chi connectivity index (χ1v) is 10.8. The van der Waals surface area contributed by atoms with Crippen LogP contribution in [0.2, 0.25) is 0 Å². The maximum Gasteiger partial charge on any atom is 0.274 e. The Balaban J connectivity index is 1.69. The Bertz CT molecular complexity index is 1210. The zero-order valence-corrected chi connectivity index (χ0v) is 19.9. The quantitative estimate of drug-likeness (QED) is 0.302. The van der Waals surface area contributed by atoms with E-state index in [0.29, 0.717) is 28.1 Å². The van der Waals surface area contributed by atoms with E-state index in [1.807, 2.05) is 30.3 Å². The number of nitrogens with zero attached hydrogens (tertiary/aromatic N) is 2. The zero-order chi connectivity index (χ0) is 23.1. The van der Waals surface area contributed by atoms with Gasteiger partial charge in [-0.3, -0.25) is 4.79 Å². The summed E-state index contributed by atoms with van der Waals surface area (Å²) in [6, 6.07) is 16.6. The lowest BCUT2D eigenvalue weighted by atomic mass is 10.1. The number of hydrogen-bond acceptors (Lipinski definition) is 5. The SMILES string of the molecule is COc1cc(/C=N\NC(=O)c2ccc(C#N)cc2F)cc(Br)c1OCc1ccc(Br)cc1. The van der Waals surface area contributed by atoms with Gasteiger partial charge in [-0.25, -0.2) is 9.82 Å². The summed E-state index contributed by atoms with van der Waals surface area (Å²) in [5, 5.41) is 12.7. The minimum atomic E-state index is -0.798. The fourth-order valence-corrected chi connectivity index (χ4v) is 3.52. The van der Waals surface area contributed by atoms with Gasteiger partial charge < -0.3 is 9.47 Å². The zero-order valence-electron chi connectivity index (χ0n) is 16.7. The van der Waals surface area contributed by atoms with Crippen LogP contribution in [0.4, 0.5) is 4.39 Å². The van der Waals surface area contributed by atoms with Gasteiger partial charge in [0.15, 0.2) is 11.5 Å². The Morgan fingerprint density at radius 3 is 2.59 bits per heavy atom. The van der Waals surface area contributed by atoms with Crippen molar-refractivity contribution in [1.29, 1.82) is 5.26 Å². The number of halogens is 3. The van der Waals surface area contributed by atoms with E-state index in [9.17, 15) is 9.18 Å². The Kier molecular flexibility index (Phi) is 7.98. The number of hydrogen-bond donors (Lipinski definition) is 1. The summed E-state index contributed by atoms with van der Waals surface area (Å²) in [7, 11) is 1.52.